The largest absolute Gasteiger partial charge is 0.482 e. The van der Waals surface area contributed by atoms with Crippen LogP contribution in [0.5, 0.6) is 17.2 Å². The van der Waals surface area contributed by atoms with Crippen molar-refractivity contribution in [2.75, 3.05) is 25.3 Å². The van der Waals surface area contributed by atoms with Gasteiger partial charge in [-0.1, -0.05) is 17.7 Å². The van der Waals surface area contributed by atoms with Crippen LogP contribution in [0.4, 0.5) is 5.69 Å². The van der Waals surface area contributed by atoms with Crippen molar-refractivity contribution in [2.45, 2.75) is 6.92 Å². The highest BCUT2D eigenvalue weighted by Gasteiger charge is 2.17. The van der Waals surface area contributed by atoms with Gasteiger partial charge in [-0.2, -0.15) is 0 Å². The average Bonchev–Trinajstić information content (AvgIpc) is 3.15. The van der Waals surface area contributed by atoms with Gasteiger partial charge in [0.15, 0.2) is 18.1 Å². The predicted octanol–water partition coefficient (Wildman–Crippen LogP) is 3.66. The molecular weight excluding hydrogens is 386 g/mol. The van der Waals surface area contributed by atoms with E-state index < -0.39 is 5.97 Å². The molecular formula is C20H18ClNO6. The number of hydrogen-bond donors (Lipinski definition) is 1. The second kappa shape index (κ2) is 9.14. The molecule has 0 radical (unpaired) electrons. The van der Waals surface area contributed by atoms with Gasteiger partial charge in [-0.25, -0.2) is 4.79 Å². The number of carbonyl (C=O) groups excluding carboxylic acids is 2. The summed E-state index contributed by atoms with van der Waals surface area (Å²) in [6, 6.07) is 10.1. The summed E-state index contributed by atoms with van der Waals surface area (Å²) in [6.07, 6.45) is 2.99. The zero-order valence-corrected chi connectivity index (χ0v) is 15.8. The Balaban J connectivity index is 1.59. The summed E-state index contributed by atoms with van der Waals surface area (Å²) in [6.45, 7) is 1.94. The van der Waals surface area contributed by atoms with Crippen LogP contribution in [-0.2, 0) is 14.3 Å². The molecule has 0 aromatic heterocycles. The molecule has 1 amide bonds. The molecule has 0 bridgehead atoms. The Morgan fingerprint density at radius 3 is 2.93 bits per heavy atom. The van der Waals surface area contributed by atoms with Gasteiger partial charge in [0, 0.05) is 17.8 Å². The van der Waals surface area contributed by atoms with Gasteiger partial charge in [-0.15, -0.1) is 0 Å². The molecule has 3 rings (SSSR count). The van der Waals surface area contributed by atoms with Crippen LogP contribution >= 0.6 is 11.6 Å². The smallest absolute Gasteiger partial charge is 0.344 e. The van der Waals surface area contributed by atoms with E-state index in [1.165, 1.54) is 6.08 Å². The van der Waals surface area contributed by atoms with Gasteiger partial charge in [0.05, 0.1) is 11.6 Å². The highest BCUT2D eigenvalue weighted by molar-refractivity contribution is 6.32. The fourth-order valence-electron chi connectivity index (χ4n) is 2.45. The molecule has 7 nitrogen and oxygen atoms in total. The minimum atomic E-state index is -0.456. The monoisotopic (exact) mass is 403 g/mol. The maximum Gasteiger partial charge on any atom is 0.344 e. The van der Waals surface area contributed by atoms with Crippen molar-refractivity contribution >= 4 is 35.2 Å². The second-order valence-electron chi connectivity index (χ2n) is 5.68. The minimum absolute atomic E-state index is 0.122. The van der Waals surface area contributed by atoms with Crippen molar-refractivity contribution in [2.24, 2.45) is 0 Å². The van der Waals surface area contributed by atoms with E-state index in [0.717, 1.165) is 0 Å². The third kappa shape index (κ3) is 5.17. The quantitative estimate of drug-likeness (QED) is 0.561. The minimum Gasteiger partial charge on any atom is -0.482 e. The summed E-state index contributed by atoms with van der Waals surface area (Å²) in [5.41, 5.74) is 1.23. The highest BCUT2D eigenvalue weighted by Crippen LogP contribution is 2.40. The molecule has 0 atom stereocenters. The van der Waals surface area contributed by atoms with Gasteiger partial charge < -0.3 is 24.3 Å². The summed E-state index contributed by atoms with van der Waals surface area (Å²) < 4.78 is 20.7. The lowest BCUT2D eigenvalue weighted by Crippen LogP contribution is -2.14. The average molecular weight is 404 g/mol. The number of esters is 1. The lowest BCUT2D eigenvalue weighted by atomic mass is 10.2. The first-order valence-electron chi connectivity index (χ1n) is 8.52. The van der Waals surface area contributed by atoms with Crippen LogP contribution in [0.25, 0.3) is 6.08 Å². The standard InChI is InChI=1S/C20H18ClNO6/c1-2-25-19(24)11-26-15-5-3-4-14(10-15)22-18(23)7-6-13-8-16(21)20-17(9-13)27-12-28-20/h3-10H,2,11-12H2,1H3,(H,22,23)/b7-6+. The van der Waals surface area contributed by atoms with E-state index in [1.54, 1.807) is 49.4 Å². The fourth-order valence-corrected chi connectivity index (χ4v) is 2.72. The topological polar surface area (TPSA) is 83.1 Å². The Morgan fingerprint density at radius 2 is 2.11 bits per heavy atom. The van der Waals surface area contributed by atoms with E-state index in [9.17, 15) is 9.59 Å². The lowest BCUT2D eigenvalue weighted by molar-refractivity contribution is -0.145. The first-order valence-corrected chi connectivity index (χ1v) is 8.89. The van der Waals surface area contributed by atoms with Crippen molar-refractivity contribution in [3.05, 3.63) is 53.1 Å². The van der Waals surface area contributed by atoms with Crippen LogP contribution in [0.15, 0.2) is 42.5 Å². The molecule has 1 aliphatic rings. The van der Waals surface area contributed by atoms with Crippen molar-refractivity contribution in [1.29, 1.82) is 0 Å². The number of amides is 1. The predicted molar refractivity (Wildman–Crippen MR) is 104 cm³/mol. The summed E-state index contributed by atoms with van der Waals surface area (Å²) in [4.78, 5) is 23.5. The summed E-state index contributed by atoms with van der Waals surface area (Å²) in [7, 11) is 0. The molecule has 0 unspecified atom stereocenters. The van der Waals surface area contributed by atoms with Gasteiger partial charge >= 0.3 is 5.97 Å². The van der Waals surface area contributed by atoms with Crippen molar-refractivity contribution < 1.29 is 28.5 Å². The number of hydrogen-bond acceptors (Lipinski definition) is 6. The molecule has 0 saturated heterocycles. The van der Waals surface area contributed by atoms with E-state index in [1.807, 2.05) is 0 Å². The first-order chi connectivity index (χ1) is 13.5. The number of rotatable bonds is 7. The Labute approximate surface area is 166 Å². The normalized spacial score (nSPS) is 12.1. The molecule has 2 aromatic carbocycles. The van der Waals surface area contributed by atoms with Gasteiger partial charge in [0.2, 0.25) is 12.7 Å². The van der Waals surface area contributed by atoms with E-state index in [2.05, 4.69) is 5.32 Å². The zero-order chi connectivity index (χ0) is 19.9. The number of carbonyl (C=O) groups is 2. The molecule has 1 heterocycles. The van der Waals surface area contributed by atoms with Gasteiger partial charge in [0.1, 0.15) is 5.75 Å². The van der Waals surface area contributed by atoms with E-state index in [4.69, 9.17) is 30.5 Å². The maximum absolute atomic E-state index is 12.2. The molecule has 0 aliphatic carbocycles. The zero-order valence-electron chi connectivity index (χ0n) is 15.1. The molecule has 0 fully saturated rings. The molecule has 0 saturated carbocycles. The van der Waals surface area contributed by atoms with Gasteiger partial charge in [-0.05, 0) is 42.8 Å². The summed E-state index contributed by atoms with van der Waals surface area (Å²) in [5.74, 6) is 0.692. The van der Waals surface area contributed by atoms with Gasteiger partial charge in [-0.3, -0.25) is 4.79 Å². The number of ether oxygens (including phenoxy) is 4. The number of fused-ring (bicyclic) bond motifs is 1. The van der Waals surface area contributed by atoms with Crippen LogP contribution < -0.4 is 19.5 Å². The molecule has 28 heavy (non-hydrogen) atoms. The van der Waals surface area contributed by atoms with Crippen molar-refractivity contribution in [3.8, 4) is 17.2 Å². The van der Waals surface area contributed by atoms with Crippen LogP contribution in [0.3, 0.4) is 0 Å². The Morgan fingerprint density at radius 1 is 1.25 bits per heavy atom. The first kappa shape index (κ1) is 19.6. The van der Waals surface area contributed by atoms with Crippen LogP contribution in [0.1, 0.15) is 12.5 Å². The summed E-state index contributed by atoms with van der Waals surface area (Å²) in [5, 5.41) is 3.14. The molecule has 1 N–H and O–H groups in total. The highest BCUT2D eigenvalue weighted by atomic mass is 35.5. The molecule has 1 aliphatic heterocycles. The Kier molecular flexibility index (Phi) is 6.39. The maximum atomic E-state index is 12.2. The Bertz CT molecular complexity index is 912. The second-order valence-corrected chi connectivity index (χ2v) is 6.09. The van der Waals surface area contributed by atoms with Crippen LogP contribution in [0.2, 0.25) is 5.02 Å². The van der Waals surface area contributed by atoms with Gasteiger partial charge in [0.25, 0.3) is 0 Å². The molecule has 0 spiro atoms. The third-order valence-electron chi connectivity index (χ3n) is 3.64. The third-order valence-corrected chi connectivity index (χ3v) is 3.92. The molecule has 8 heteroatoms. The van der Waals surface area contributed by atoms with E-state index in [-0.39, 0.29) is 19.3 Å². The van der Waals surface area contributed by atoms with Crippen LogP contribution in [0, 0.1) is 0 Å². The number of nitrogens with one attached hydrogen (secondary N) is 1. The lowest BCUT2D eigenvalue weighted by Gasteiger charge is -2.08. The van der Waals surface area contributed by atoms with Crippen LogP contribution in [-0.4, -0.2) is 31.9 Å². The summed E-state index contributed by atoms with van der Waals surface area (Å²) >= 11 is 6.12. The Hall–Kier alpha value is -3.19. The van der Waals surface area contributed by atoms with Crippen molar-refractivity contribution in [3.63, 3.8) is 0 Å². The molecule has 146 valence electrons. The molecule has 2 aromatic rings. The van der Waals surface area contributed by atoms with E-state index >= 15 is 0 Å². The fraction of sp³-hybridized carbons (Fsp3) is 0.200. The number of anilines is 1. The van der Waals surface area contributed by atoms with E-state index in [0.29, 0.717) is 40.1 Å². The van der Waals surface area contributed by atoms with Crippen molar-refractivity contribution in [1.82, 2.24) is 0 Å². The number of benzene rings is 2. The SMILES string of the molecule is CCOC(=O)COc1cccc(NC(=O)/C=C/c2cc(Cl)c3c(c2)OCO3)c1. The number of halogens is 1.